The molecule has 0 heterocycles. The number of nitrogens with zero attached hydrogens (tertiary/aromatic N) is 1. The van der Waals surface area contributed by atoms with Crippen molar-refractivity contribution >= 4 is 103 Å². The molecule has 456 valence electrons. The zero-order valence-corrected chi connectivity index (χ0v) is 46.9. The Morgan fingerprint density at radius 1 is 0.338 bits per heavy atom. The molecule has 0 saturated carbocycles. The van der Waals surface area contributed by atoms with Crippen molar-refractivity contribution < 1.29 is 93.0 Å². The monoisotopic (exact) mass is 1180 g/mol. The van der Waals surface area contributed by atoms with E-state index in [-0.39, 0.29) is 76.3 Å². The van der Waals surface area contributed by atoms with Crippen molar-refractivity contribution in [3.63, 3.8) is 0 Å². The molecule has 31 heteroatoms. The van der Waals surface area contributed by atoms with E-state index in [9.17, 15) is 87.9 Å². The molecule has 0 rings (SSSR count). The summed E-state index contributed by atoms with van der Waals surface area (Å²) in [5, 5.41) is 78.5. The number of nitrogens with one attached hydrogen (secondary N) is 9. The summed E-state index contributed by atoms with van der Waals surface area (Å²) >= 11 is 8.46. The summed E-state index contributed by atoms with van der Waals surface area (Å²) in [6, 6.07) is -8.59. The van der Waals surface area contributed by atoms with E-state index >= 15 is 0 Å². The van der Waals surface area contributed by atoms with E-state index in [1.165, 1.54) is 0 Å². The molecule has 80 heavy (non-hydrogen) atoms. The van der Waals surface area contributed by atoms with Crippen LogP contribution < -0.4 is 47.9 Å². The quantitative estimate of drug-likeness (QED) is 0.0264. The molecular formula is C49H84N10O19S2. The molecule has 0 spiro atoms. The van der Waals surface area contributed by atoms with Crippen molar-refractivity contribution in [2.75, 3.05) is 63.9 Å². The van der Waals surface area contributed by atoms with Crippen molar-refractivity contribution in [1.82, 2.24) is 52.8 Å². The first-order valence-corrected chi connectivity index (χ1v) is 28.0. The fraction of sp³-hybridized carbons (Fsp3) is 0.735. The molecule has 0 radical (unpaired) electrons. The lowest BCUT2D eigenvalue weighted by Crippen LogP contribution is -2.56. The largest absolute Gasteiger partial charge is 0.481 e. The van der Waals surface area contributed by atoms with Crippen LogP contribution in [0.3, 0.4) is 0 Å². The highest BCUT2D eigenvalue weighted by molar-refractivity contribution is 7.80. The minimum atomic E-state index is -1.61. The van der Waals surface area contributed by atoms with E-state index in [2.05, 4.69) is 72.7 Å². The van der Waals surface area contributed by atoms with Gasteiger partial charge in [0.05, 0.1) is 0 Å². The van der Waals surface area contributed by atoms with Gasteiger partial charge in [0.25, 0.3) is 0 Å². The molecule has 8 amide bonds. The van der Waals surface area contributed by atoms with Crippen LogP contribution in [0.15, 0.2) is 0 Å². The number of carboxylic acids is 6. The first kappa shape index (κ1) is 73.5. The molecule has 5 atom stereocenters. The maximum Gasteiger partial charge on any atom is 0.326 e. The Labute approximate surface area is 475 Å². The highest BCUT2D eigenvalue weighted by Gasteiger charge is 2.31. The lowest BCUT2D eigenvalue weighted by molar-refractivity contribution is -0.143. The third-order valence-corrected chi connectivity index (χ3v) is 12.4. The maximum absolute atomic E-state index is 13.4. The standard InChI is InChI=1S/C49H84N10O19S2/c60-37(12-3-1-2-4-13-38(61)52-23-8-6-11-35(47(74)75)57-49(78)58-36(48(76)77)16-21-43(68)69)51-22-7-5-10-34(46(72)73)56-45(71)33(15-20-42(66)67)55-44(70)32(14-19-41(64)65)54-40(63)18-17-39(62)53-24-9-27-59(29-31-80)28-25-50-26-30-79/h32-36,50,79-80H,1-31H2,(H,51,60)(H,52,61)(H,53,62)(H,54,63)(H,55,70)(H,56,71)(H,64,65)(H,66,67)(H,68,69)(H,72,73)(H,74,75)(H,76,77)(H2,57,58,78)/t32-,33-,34+,35-,36-/m0/s1. The Bertz CT molecular complexity index is 1990. The lowest BCUT2D eigenvalue weighted by atomic mass is 10.1. The Hall–Kier alpha value is -6.47. The highest BCUT2D eigenvalue weighted by atomic mass is 32.1. The Balaban J connectivity index is 4.83. The SMILES string of the molecule is O=C(O)CC[C@H](NC(=O)N[C@@H](CCCCNC(=O)CCCCCCC(=O)NCCCC[C@@H](NC(=O)[C@H](CCC(=O)O)NC(=O)[C@H](CCC(=O)O)NC(=O)CCC(=O)NCCCN(CCS)CCNCCS)C(=O)O)C(=O)O)C(=O)O. The molecule has 0 fully saturated rings. The lowest BCUT2D eigenvalue weighted by Gasteiger charge is -2.24. The number of hydrogen-bond acceptors (Lipinski definition) is 17. The van der Waals surface area contributed by atoms with Crippen molar-refractivity contribution in [2.45, 2.75) is 165 Å². The summed E-state index contributed by atoms with van der Waals surface area (Å²) in [6.45, 7) is 4.55. The van der Waals surface area contributed by atoms with Crippen LogP contribution in [0.2, 0.25) is 0 Å². The molecule has 29 nitrogen and oxygen atoms in total. The van der Waals surface area contributed by atoms with E-state index in [0.29, 0.717) is 69.5 Å². The summed E-state index contributed by atoms with van der Waals surface area (Å²) in [6.07, 6.45) is 0.754. The Morgan fingerprint density at radius 2 is 0.738 bits per heavy atom. The van der Waals surface area contributed by atoms with Crippen LogP contribution in [0.5, 0.6) is 0 Å². The number of carbonyl (C=O) groups is 13. The number of unbranched alkanes of at least 4 members (excludes halogenated alkanes) is 5. The first-order valence-electron chi connectivity index (χ1n) is 26.7. The molecule has 0 bridgehead atoms. The van der Waals surface area contributed by atoms with E-state index in [4.69, 9.17) is 5.11 Å². The van der Waals surface area contributed by atoms with Crippen LogP contribution in [0.1, 0.15) is 135 Å². The number of carbonyl (C=O) groups excluding carboxylic acids is 7. The van der Waals surface area contributed by atoms with Gasteiger partial charge in [-0.25, -0.2) is 19.2 Å². The molecule has 0 saturated heterocycles. The molecule has 0 aliphatic rings. The van der Waals surface area contributed by atoms with Gasteiger partial charge in [-0.05, 0) is 83.6 Å². The number of urea groups is 1. The van der Waals surface area contributed by atoms with Gasteiger partial charge in [-0.2, -0.15) is 25.3 Å². The number of rotatable bonds is 50. The molecule has 0 aliphatic carbocycles. The van der Waals surface area contributed by atoms with Gasteiger partial charge in [-0.3, -0.25) is 43.2 Å². The normalized spacial score (nSPS) is 12.8. The van der Waals surface area contributed by atoms with Gasteiger partial charge in [0.2, 0.25) is 35.4 Å². The van der Waals surface area contributed by atoms with Crippen molar-refractivity contribution in [3.8, 4) is 0 Å². The van der Waals surface area contributed by atoms with E-state index in [1.807, 2.05) is 5.32 Å². The van der Waals surface area contributed by atoms with Crippen LogP contribution in [0, 0.1) is 0 Å². The van der Waals surface area contributed by atoms with Gasteiger partial charge in [0, 0.05) is 102 Å². The van der Waals surface area contributed by atoms with Gasteiger partial charge in [-0.1, -0.05) is 12.8 Å². The van der Waals surface area contributed by atoms with E-state index < -0.39 is 134 Å². The number of carboxylic acid groups (broad SMARTS) is 6. The molecule has 0 aromatic rings. The summed E-state index contributed by atoms with van der Waals surface area (Å²) < 4.78 is 0. The van der Waals surface area contributed by atoms with Gasteiger partial charge in [0.1, 0.15) is 30.2 Å². The Morgan fingerprint density at radius 3 is 1.19 bits per heavy atom. The van der Waals surface area contributed by atoms with E-state index in [1.54, 1.807) is 0 Å². The second kappa shape index (κ2) is 45.3. The summed E-state index contributed by atoms with van der Waals surface area (Å²) in [5.74, 6) is -10.6. The topological polar surface area (TPSA) is 455 Å². The average Bonchev–Trinajstić information content (AvgIpc) is 3.38. The summed E-state index contributed by atoms with van der Waals surface area (Å²) in [5.41, 5.74) is 0. The maximum atomic E-state index is 13.4. The molecule has 15 N–H and O–H groups in total. The molecule has 0 aliphatic heterocycles. The van der Waals surface area contributed by atoms with Gasteiger partial charge in [-0.15, -0.1) is 0 Å². The van der Waals surface area contributed by atoms with Gasteiger partial charge < -0.3 is 83.4 Å². The van der Waals surface area contributed by atoms with Crippen LogP contribution in [0.4, 0.5) is 4.79 Å². The zero-order chi connectivity index (χ0) is 60.3. The molecule has 0 aromatic heterocycles. The smallest absolute Gasteiger partial charge is 0.326 e. The van der Waals surface area contributed by atoms with Crippen LogP contribution in [-0.2, 0) is 57.5 Å². The summed E-state index contributed by atoms with van der Waals surface area (Å²) in [7, 11) is 0. The van der Waals surface area contributed by atoms with Crippen molar-refractivity contribution in [3.05, 3.63) is 0 Å². The second-order valence-corrected chi connectivity index (χ2v) is 19.5. The van der Waals surface area contributed by atoms with Crippen molar-refractivity contribution in [1.29, 1.82) is 0 Å². The fourth-order valence-electron chi connectivity index (χ4n) is 7.55. The van der Waals surface area contributed by atoms with Crippen molar-refractivity contribution in [2.24, 2.45) is 0 Å². The third kappa shape index (κ3) is 39.8. The molecular weight excluding hydrogens is 1100 g/mol. The number of hydrogen-bond donors (Lipinski definition) is 17. The van der Waals surface area contributed by atoms with Crippen LogP contribution in [-0.4, -0.2) is 207 Å². The second-order valence-electron chi connectivity index (χ2n) is 18.6. The highest BCUT2D eigenvalue weighted by Crippen LogP contribution is 2.10. The van der Waals surface area contributed by atoms with Crippen LogP contribution in [0.25, 0.3) is 0 Å². The van der Waals surface area contributed by atoms with Crippen LogP contribution >= 0.6 is 25.3 Å². The van der Waals surface area contributed by atoms with E-state index in [0.717, 1.165) is 26.2 Å². The number of aliphatic carboxylic acids is 6. The predicted octanol–water partition coefficient (Wildman–Crippen LogP) is -0.723. The zero-order valence-electron chi connectivity index (χ0n) is 45.1. The molecule has 0 aromatic carbocycles. The van der Waals surface area contributed by atoms with Gasteiger partial charge >= 0.3 is 41.8 Å². The summed E-state index contributed by atoms with van der Waals surface area (Å²) in [4.78, 5) is 160. The molecule has 0 unspecified atom stereocenters. The minimum absolute atomic E-state index is 0.0249. The Kier molecular flexibility index (Phi) is 41.6. The first-order chi connectivity index (χ1) is 38.0. The predicted molar refractivity (Wildman–Crippen MR) is 294 cm³/mol. The van der Waals surface area contributed by atoms with Gasteiger partial charge in [0.15, 0.2) is 0 Å². The third-order valence-electron chi connectivity index (χ3n) is 11.9. The fourth-order valence-corrected chi connectivity index (χ4v) is 7.99. The number of amides is 8. The average molecular weight is 1180 g/mol. The minimum Gasteiger partial charge on any atom is -0.481 e. The number of thiol groups is 2.